The number of esters is 1. The molecular formula is C14H21NO5S. The summed E-state index contributed by atoms with van der Waals surface area (Å²) in [5.74, 6) is -0.482. The average molecular weight is 315 g/mol. The summed E-state index contributed by atoms with van der Waals surface area (Å²) in [5, 5.41) is 9.21. The van der Waals surface area contributed by atoms with Crippen LogP contribution in [0.25, 0.3) is 0 Å². The summed E-state index contributed by atoms with van der Waals surface area (Å²) in [6.45, 7) is 3.79. The smallest absolute Gasteiger partial charge is 0.338 e. The van der Waals surface area contributed by atoms with Crippen LogP contribution in [0.2, 0.25) is 0 Å². The summed E-state index contributed by atoms with van der Waals surface area (Å²) in [4.78, 5) is 11.6. The summed E-state index contributed by atoms with van der Waals surface area (Å²) >= 11 is 0. The molecule has 0 aliphatic carbocycles. The van der Waals surface area contributed by atoms with Crippen molar-refractivity contribution < 1.29 is 23.1 Å². The molecule has 7 heteroatoms. The van der Waals surface area contributed by atoms with E-state index in [0.29, 0.717) is 12.0 Å². The van der Waals surface area contributed by atoms with Crippen molar-refractivity contribution in [3.63, 3.8) is 0 Å². The lowest BCUT2D eigenvalue weighted by Gasteiger charge is -2.18. The Hall–Kier alpha value is -1.44. The number of hydrogen-bond donors (Lipinski definition) is 1. The minimum absolute atomic E-state index is 0.101. The highest BCUT2D eigenvalue weighted by atomic mass is 32.2. The molecule has 0 bridgehead atoms. The Morgan fingerprint density at radius 3 is 2.38 bits per heavy atom. The van der Waals surface area contributed by atoms with Crippen molar-refractivity contribution in [1.82, 2.24) is 4.31 Å². The van der Waals surface area contributed by atoms with Crippen molar-refractivity contribution in [2.24, 2.45) is 0 Å². The zero-order chi connectivity index (χ0) is 16.0. The zero-order valence-electron chi connectivity index (χ0n) is 12.4. The second-order valence-electron chi connectivity index (χ2n) is 4.71. The number of carbonyl (C=O) groups excluding carboxylic acids is 1. The van der Waals surface area contributed by atoms with Gasteiger partial charge in [-0.25, -0.2) is 17.5 Å². The van der Waals surface area contributed by atoms with Gasteiger partial charge < -0.3 is 9.84 Å². The largest absolute Gasteiger partial charge is 0.462 e. The molecule has 1 aromatic carbocycles. The van der Waals surface area contributed by atoms with Crippen molar-refractivity contribution in [2.75, 3.05) is 20.2 Å². The molecule has 0 amide bonds. The third kappa shape index (κ3) is 4.80. The lowest BCUT2D eigenvalue weighted by Crippen LogP contribution is -2.29. The molecule has 0 fully saturated rings. The van der Waals surface area contributed by atoms with Gasteiger partial charge in [0.05, 0.1) is 23.2 Å². The van der Waals surface area contributed by atoms with E-state index in [9.17, 15) is 18.3 Å². The van der Waals surface area contributed by atoms with E-state index >= 15 is 0 Å². The van der Waals surface area contributed by atoms with Crippen LogP contribution in [0, 0.1) is 0 Å². The molecule has 0 aliphatic rings. The first-order valence-corrected chi connectivity index (χ1v) is 8.14. The monoisotopic (exact) mass is 315 g/mol. The van der Waals surface area contributed by atoms with Gasteiger partial charge in [0.2, 0.25) is 10.0 Å². The van der Waals surface area contributed by atoms with Gasteiger partial charge in [0, 0.05) is 13.6 Å². The van der Waals surface area contributed by atoms with Gasteiger partial charge in [-0.05, 0) is 44.5 Å². The Balaban J connectivity index is 2.87. The molecule has 0 saturated carbocycles. The normalized spacial score (nSPS) is 13.2. The number of nitrogens with zero attached hydrogens (tertiary/aromatic N) is 1. The quantitative estimate of drug-likeness (QED) is 0.766. The molecule has 118 valence electrons. The van der Waals surface area contributed by atoms with Crippen molar-refractivity contribution in [2.45, 2.75) is 31.3 Å². The first-order valence-electron chi connectivity index (χ1n) is 6.70. The average Bonchev–Trinajstić information content (AvgIpc) is 2.45. The van der Waals surface area contributed by atoms with E-state index in [4.69, 9.17) is 4.74 Å². The lowest BCUT2D eigenvalue weighted by atomic mass is 10.2. The lowest BCUT2D eigenvalue weighted by molar-refractivity contribution is 0.0526. The molecule has 1 aromatic rings. The second-order valence-corrected chi connectivity index (χ2v) is 6.75. The van der Waals surface area contributed by atoms with Gasteiger partial charge in [0.1, 0.15) is 0 Å². The van der Waals surface area contributed by atoms with Crippen LogP contribution in [0.4, 0.5) is 0 Å². The van der Waals surface area contributed by atoms with Gasteiger partial charge in [0.15, 0.2) is 0 Å². The molecule has 0 heterocycles. The molecule has 0 aliphatic heterocycles. The molecule has 6 nitrogen and oxygen atoms in total. The van der Waals surface area contributed by atoms with Crippen molar-refractivity contribution >= 4 is 16.0 Å². The number of sulfonamides is 1. The van der Waals surface area contributed by atoms with E-state index < -0.39 is 22.1 Å². The molecule has 0 saturated heterocycles. The molecule has 21 heavy (non-hydrogen) atoms. The predicted molar refractivity (Wildman–Crippen MR) is 78.5 cm³/mol. The predicted octanol–water partition coefficient (Wildman–Crippen LogP) is 1.25. The van der Waals surface area contributed by atoms with Crippen LogP contribution in [-0.4, -0.2) is 50.1 Å². The number of hydrogen-bond acceptors (Lipinski definition) is 5. The van der Waals surface area contributed by atoms with Gasteiger partial charge in [-0.1, -0.05) is 0 Å². The molecule has 0 radical (unpaired) electrons. The molecule has 1 N–H and O–H groups in total. The topological polar surface area (TPSA) is 83.9 Å². The number of aliphatic hydroxyl groups is 1. The summed E-state index contributed by atoms with van der Waals surface area (Å²) in [5.41, 5.74) is 0.308. The van der Waals surface area contributed by atoms with Crippen LogP contribution in [-0.2, 0) is 14.8 Å². The van der Waals surface area contributed by atoms with Crippen LogP contribution in [0.3, 0.4) is 0 Å². The van der Waals surface area contributed by atoms with E-state index in [0.717, 1.165) is 0 Å². The Morgan fingerprint density at radius 1 is 1.33 bits per heavy atom. The van der Waals surface area contributed by atoms with Gasteiger partial charge in [-0.2, -0.15) is 0 Å². The van der Waals surface area contributed by atoms with E-state index in [1.807, 2.05) is 0 Å². The third-order valence-corrected chi connectivity index (χ3v) is 4.81. The van der Waals surface area contributed by atoms with Gasteiger partial charge >= 0.3 is 5.97 Å². The van der Waals surface area contributed by atoms with Gasteiger partial charge in [-0.3, -0.25) is 0 Å². The van der Waals surface area contributed by atoms with E-state index in [2.05, 4.69) is 0 Å². The van der Waals surface area contributed by atoms with Crippen LogP contribution in [0.1, 0.15) is 30.6 Å². The minimum Gasteiger partial charge on any atom is -0.462 e. The van der Waals surface area contributed by atoms with Crippen LogP contribution < -0.4 is 0 Å². The molecule has 0 spiro atoms. The fourth-order valence-corrected chi connectivity index (χ4v) is 2.83. The summed E-state index contributed by atoms with van der Waals surface area (Å²) in [6.07, 6.45) is -0.203. The second kappa shape index (κ2) is 7.53. The van der Waals surface area contributed by atoms with Gasteiger partial charge in [-0.15, -0.1) is 0 Å². The maximum Gasteiger partial charge on any atom is 0.338 e. The van der Waals surface area contributed by atoms with E-state index in [1.54, 1.807) is 13.8 Å². The van der Waals surface area contributed by atoms with E-state index in [1.165, 1.54) is 35.6 Å². The molecule has 0 aromatic heterocycles. The fourth-order valence-electron chi connectivity index (χ4n) is 1.65. The summed E-state index contributed by atoms with van der Waals surface area (Å²) in [7, 11) is -2.16. The standard InChI is InChI=1S/C14H21NO5S/c1-4-20-14(17)12-5-7-13(8-6-12)21(18,19)15(3)10-9-11(2)16/h5-8,11,16H,4,9-10H2,1-3H3. The maximum absolute atomic E-state index is 12.3. The van der Waals surface area contributed by atoms with Crippen molar-refractivity contribution in [1.29, 1.82) is 0 Å². The van der Waals surface area contributed by atoms with Crippen LogP contribution in [0.15, 0.2) is 29.2 Å². The highest BCUT2D eigenvalue weighted by Crippen LogP contribution is 2.16. The summed E-state index contributed by atoms with van der Waals surface area (Å²) in [6, 6.07) is 5.60. The SMILES string of the molecule is CCOC(=O)c1ccc(S(=O)(=O)N(C)CCC(C)O)cc1. The maximum atomic E-state index is 12.3. The minimum atomic E-state index is -3.62. The third-order valence-electron chi connectivity index (χ3n) is 2.94. The van der Waals surface area contributed by atoms with Crippen LogP contribution in [0.5, 0.6) is 0 Å². The Bertz CT molecular complexity index is 566. The van der Waals surface area contributed by atoms with Crippen molar-refractivity contribution in [3.8, 4) is 0 Å². The first-order chi connectivity index (χ1) is 9.78. The summed E-state index contributed by atoms with van der Waals surface area (Å²) < 4.78 is 30.6. The highest BCUT2D eigenvalue weighted by molar-refractivity contribution is 7.89. The number of ether oxygens (including phenoxy) is 1. The molecular weight excluding hydrogens is 294 g/mol. The number of benzene rings is 1. The Labute approximate surface area is 125 Å². The molecule has 1 rings (SSSR count). The molecule has 1 atom stereocenters. The number of aliphatic hydroxyl groups excluding tert-OH is 1. The Morgan fingerprint density at radius 2 is 1.90 bits per heavy atom. The first kappa shape index (κ1) is 17.6. The van der Waals surface area contributed by atoms with Crippen LogP contribution >= 0.6 is 0 Å². The number of rotatable bonds is 7. The van der Waals surface area contributed by atoms with E-state index in [-0.39, 0.29) is 18.0 Å². The Kier molecular flexibility index (Phi) is 6.32. The highest BCUT2D eigenvalue weighted by Gasteiger charge is 2.21. The fraction of sp³-hybridized carbons (Fsp3) is 0.500. The zero-order valence-corrected chi connectivity index (χ0v) is 13.3. The van der Waals surface area contributed by atoms with Gasteiger partial charge in [0.25, 0.3) is 0 Å². The number of carbonyl (C=O) groups is 1. The van der Waals surface area contributed by atoms with Crippen molar-refractivity contribution in [3.05, 3.63) is 29.8 Å². The molecule has 1 unspecified atom stereocenters.